The summed E-state index contributed by atoms with van der Waals surface area (Å²) < 4.78 is 44.4. The maximum absolute atomic E-state index is 13.0. The van der Waals surface area contributed by atoms with Crippen molar-refractivity contribution in [2.24, 2.45) is 17.8 Å². The topological polar surface area (TPSA) is 108 Å². The molecule has 1 saturated carbocycles. The Morgan fingerprint density at radius 1 is 1.08 bits per heavy atom. The fraction of sp³-hybridized carbons (Fsp3) is 0.481. The van der Waals surface area contributed by atoms with Gasteiger partial charge < -0.3 is 14.2 Å². The van der Waals surface area contributed by atoms with Crippen LogP contribution in [0, 0.1) is 24.7 Å². The highest BCUT2D eigenvalue weighted by atomic mass is 32.2. The zero-order valence-electron chi connectivity index (χ0n) is 21.4. The third-order valence-electron chi connectivity index (χ3n) is 6.62. The molecule has 3 unspecified atom stereocenters. The van der Waals surface area contributed by atoms with Crippen LogP contribution in [0.2, 0.25) is 0 Å². The normalized spacial score (nSPS) is 20.0. The van der Waals surface area contributed by atoms with Gasteiger partial charge in [0, 0.05) is 5.69 Å². The highest BCUT2D eigenvalue weighted by Crippen LogP contribution is 2.35. The first-order chi connectivity index (χ1) is 17.0. The molecule has 1 aliphatic rings. The number of anilines is 1. The van der Waals surface area contributed by atoms with Crippen molar-refractivity contribution in [2.45, 2.75) is 58.0 Å². The van der Waals surface area contributed by atoms with Gasteiger partial charge in [0.2, 0.25) is 0 Å². The summed E-state index contributed by atoms with van der Waals surface area (Å²) in [7, 11) is -2.46. The molecule has 0 heterocycles. The van der Waals surface area contributed by atoms with Gasteiger partial charge >= 0.3 is 11.9 Å². The predicted octanol–water partition coefficient (Wildman–Crippen LogP) is 4.97. The molecule has 3 atom stereocenters. The van der Waals surface area contributed by atoms with Gasteiger partial charge in [-0.1, -0.05) is 33.3 Å². The van der Waals surface area contributed by atoms with Gasteiger partial charge in [-0.05, 0) is 79.5 Å². The third kappa shape index (κ3) is 7.00. The summed E-state index contributed by atoms with van der Waals surface area (Å²) in [5.74, 6) is 0.329. The molecule has 2 aromatic rings. The van der Waals surface area contributed by atoms with E-state index in [1.807, 2.05) is 0 Å². The standard InChI is InChI=1S/C27H35NO7S/c1-17(2)23-13-6-18(3)14-24(23)35-26(29)16-34-27(30)20-8-7-19(4)25(15-20)36(31,32)28-21-9-11-22(33-5)12-10-21/h7-12,15,17-18,23-24,28H,6,13-14,16H2,1-5H3. The number of carbonyl (C=O) groups excluding carboxylic acids is 2. The first-order valence-electron chi connectivity index (χ1n) is 12.1. The second kappa shape index (κ2) is 11.8. The molecule has 0 spiro atoms. The van der Waals surface area contributed by atoms with Crippen molar-refractivity contribution >= 4 is 27.6 Å². The summed E-state index contributed by atoms with van der Waals surface area (Å²) in [5, 5.41) is 0. The highest BCUT2D eigenvalue weighted by molar-refractivity contribution is 7.92. The molecule has 0 radical (unpaired) electrons. The number of methoxy groups -OCH3 is 1. The fourth-order valence-corrected chi connectivity index (χ4v) is 5.88. The first kappa shape index (κ1) is 27.5. The lowest BCUT2D eigenvalue weighted by molar-refractivity contribution is -0.159. The second-order valence-corrected chi connectivity index (χ2v) is 11.4. The molecule has 0 aliphatic heterocycles. The Kier molecular flexibility index (Phi) is 9.00. The van der Waals surface area contributed by atoms with Crippen LogP contribution in [0.25, 0.3) is 0 Å². The van der Waals surface area contributed by atoms with Crippen LogP contribution in [0.5, 0.6) is 5.75 Å². The van der Waals surface area contributed by atoms with E-state index in [1.54, 1.807) is 31.2 Å². The Morgan fingerprint density at radius 3 is 2.42 bits per heavy atom. The second-order valence-electron chi connectivity index (χ2n) is 9.74. The van der Waals surface area contributed by atoms with Crippen molar-refractivity contribution in [1.82, 2.24) is 0 Å². The molecule has 2 aromatic carbocycles. The van der Waals surface area contributed by atoms with E-state index in [0.29, 0.717) is 28.8 Å². The van der Waals surface area contributed by atoms with Crippen LogP contribution in [0.15, 0.2) is 47.4 Å². The molecule has 0 amide bonds. The lowest BCUT2D eigenvalue weighted by Gasteiger charge is -2.36. The number of carbonyl (C=O) groups is 2. The molecule has 0 saturated heterocycles. The summed E-state index contributed by atoms with van der Waals surface area (Å²) in [6, 6.07) is 10.6. The number of rotatable bonds is 9. The Morgan fingerprint density at radius 2 is 1.78 bits per heavy atom. The van der Waals surface area contributed by atoms with E-state index >= 15 is 0 Å². The van der Waals surface area contributed by atoms with Crippen LogP contribution < -0.4 is 9.46 Å². The smallest absolute Gasteiger partial charge is 0.344 e. The summed E-state index contributed by atoms with van der Waals surface area (Å²) in [5.41, 5.74) is 0.829. The molecule has 9 heteroatoms. The lowest BCUT2D eigenvalue weighted by Crippen LogP contribution is -2.36. The molecule has 36 heavy (non-hydrogen) atoms. The largest absolute Gasteiger partial charge is 0.497 e. The van der Waals surface area contributed by atoms with Crippen LogP contribution >= 0.6 is 0 Å². The quantitative estimate of drug-likeness (QED) is 0.468. The highest BCUT2D eigenvalue weighted by Gasteiger charge is 2.33. The number of benzene rings is 2. The van der Waals surface area contributed by atoms with Gasteiger partial charge in [0.05, 0.1) is 17.6 Å². The Hall–Kier alpha value is -3.07. The minimum absolute atomic E-state index is 0.0230. The zero-order chi connectivity index (χ0) is 26.5. The zero-order valence-corrected chi connectivity index (χ0v) is 22.3. The third-order valence-corrected chi connectivity index (χ3v) is 8.14. The van der Waals surface area contributed by atoms with Gasteiger partial charge in [-0.25, -0.2) is 18.0 Å². The Balaban J connectivity index is 1.65. The van der Waals surface area contributed by atoms with Crippen LogP contribution in [0.3, 0.4) is 0 Å². The molecule has 1 N–H and O–H groups in total. The van der Waals surface area contributed by atoms with Crippen molar-refractivity contribution < 1.29 is 32.2 Å². The van der Waals surface area contributed by atoms with Crippen LogP contribution in [0.1, 0.15) is 56.0 Å². The fourth-order valence-electron chi connectivity index (χ4n) is 4.55. The van der Waals surface area contributed by atoms with Gasteiger partial charge in [-0.2, -0.15) is 0 Å². The van der Waals surface area contributed by atoms with E-state index in [0.717, 1.165) is 19.3 Å². The van der Waals surface area contributed by atoms with Crippen molar-refractivity contribution in [2.75, 3.05) is 18.4 Å². The Bertz CT molecular complexity index is 1180. The van der Waals surface area contributed by atoms with E-state index in [9.17, 15) is 18.0 Å². The van der Waals surface area contributed by atoms with Crippen LogP contribution in [0.4, 0.5) is 5.69 Å². The number of hydrogen-bond donors (Lipinski definition) is 1. The molecular formula is C27H35NO7S. The number of sulfonamides is 1. The molecule has 0 aromatic heterocycles. The van der Waals surface area contributed by atoms with Crippen LogP contribution in [-0.2, 0) is 24.3 Å². The van der Waals surface area contributed by atoms with Gasteiger partial charge in [0.25, 0.3) is 10.0 Å². The van der Waals surface area contributed by atoms with Crippen molar-refractivity contribution in [3.8, 4) is 5.75 Å². The molecule has 3 rings (SSSR count). The minimum atomic E-state index is -3.98. The molecule has 196 valence electrons. The van der Waals surface area contributed by atoms with E-state index in [1.165, 1.54) is 25.3 Å². The molecule has 1 aliphatic carbocycles. The maximum Gasteiger partial charge on any atom is 0.344 e. The summed E-state index contributed by atoms with van der Waals surface area (Å²) in [6.07, 6.45) is 2.71. The van der Waals surface area contributed by atoms with E-state index in [4.69, 9.17) is 14.2 Å². The maximum atomic E-state index is 13.0. The van der Waals surface area contributed by atoms with Crippen molar-refractivity contribution in [3.05, 3.63) is 53.6 Å². The van der Waals surface area contributed by atoms with Crippen molar-refractivity contribution in [3.63, 3.8) is 0 Å². The van der Waals surface area contributed by atoms with E-state index in [-0.39, 0.29) is 22.5 Å². The number of hydrogen-bond acceptors (Lipinski definition) is 7. The minimum Gasteiger partial charge on any atom is -0.497 e. The molecule has 0 bridgehead atoms. The first-order valence-corrected chi connectivity index (χ1v) is 13.6. The summed E-state index contributed by atoms with van der Waals surface area (Å²) in [4.78, 5) is 25.0. The summed E-state index contributed by atoms with van der Waals surface area (Å²) in [6.45, 7) is 7.48. The van der Waals surface area contributed by atoms with Crippen LogP contribution in [-0.4, -0.2) is 40.2 Å². The monoisotopic (exact) mass is 517 g/mol. The van der Waals surface area contributed by atoms with Gasteiger partial charge in [0.1, 0.15) is 11.9 Å². The van der Waals surface area contributed by atoms with Gasteiger partial charge in [0.15, 0.2) is 6.61 Å². The van der Waals surface area contributed by atoms with E-state index in [2.05, 4.69) is 25.5 Å². The average molecular weight is 518 g/mol. The molecular weight excluding hydrogens is 482 g/mol. The SMILES string of the molecule is COc1ccc(NS(=O)(=O)c2cc(C(=O)OCC(=O)OC3CC(C)CCC3C(C)C)ccc2C)cc1. The Labute approximate surface area is 213 Å². The number of esters is 2. The molecule has 1 fully saturated rings. The number of ether oxygens (including phenoxy) is 3. The average Bonchev–Trinajstić information content (AvgIpc) is 2.82. The van der Waals surface area contributed by atoms with Gasteiger partial charge in [-0.15, -0.1) is 0 Å². The van der Waals surface area contributed by atoms with E-state index < -0.39 is 28.6 Å². The molecule has 8 nitrogen and oxygen atoms in total. The lowest BCUT2D eigenvalue weighted by atomic mass is 9.75. The number of aryl methyl sites for hydroxylation is 1. The summed E-state index contributed by atoms with van der Waals surface area (Å²) >= 11 is 0. The van der Waals surface area contributed by atoms with Crippen molar-refractivity contribution in [1.29, 1.82) is 0 Å². The van der Waals surface area contributed by atoms with Gasteiger partial charge in [-0.3, -0.25) is 4.72 Å². The number of nitrogens with one attached hydrogen (secondary N) is 1. The predicted molar refractivity (Wildman–Crippen MR) is 136 cm³/mol.